The molecule has 1 atom stereocenters. The van der Waals surface area contributed by atoms with E-state index in [4.69, 9.17) is 9.47 Å². The van der Waals surface area contributed by atoms with Crippen molar-refractivity contribution in [3.05, 3.63) is 17.7 Å². The minimum atomic E-state index is 0.589. The van der Waals surface area contributed by atoms with Gasteiger partial charge in [0.2, 0.25) is 0 Å². The maximum Gasteiger partial charge on any atom is 0.163 e. The number of benzene rings is 1. The van der Waals surface area contributed by atoms with Crippen LogP contribution in [-0.4, -0.2) is 19.8 Å². The van der Waals surface area contributed by atoms with Gasteiger partial charge < -0.3 is 14.8 Å². The summed E-state index contributed by atoms with van der Waals surface area (Å²) in [5.74, 6) is 3.02. The van der Waals surface area contributed by atoms with E-state index in [1.807, 2.05) is 0 Å². The smallest absolute Gasteiger partial charge is 0.163 e. The summed E-state index contributed by atoms with van der Waals surface area (Å²) in [5.41, 5.74) is 2.59. The molecule has 0 radical (unpaired) electrons. The highest BCUT2D eigenvalue weighted by atomic mass is 16.6. The number of rotatable bonds is 1. The van der Waals surface area contributed by atoms with E-state index in [1.54, 1.807) is 0 Å². The van der Waals surface area contributed by atoms with Crippen LogP contribution in [-0.2, 0) is 0 Å². The van der Waals surface area contributed by atoms with Gasteiger partial charge in [-0.3, -0.25) is 0 Å². The molecule has 1 unspecified atom stereocenters. The molecular weight excluding hydrogens is 202 g/mol. The normalized spacial score (nSPS) is 21.8. The molecule has 2 aliphatic heterocycles. The monoisotopic (exact) mass is 219 g/mol. The molecule has 0 aliphatic carbocycles. The van der Waals surface area contributed by atoms with Crippen LogP contribution in [0.3, 0.4) is 0 Å². The quantitative estimate of drug-likeness (QED) is 0.787. The number of nitrogens with one attached hydrogen (secondary N) is 1. The summed E-state index contributed by atoms with van der Waals surface area (Å²) < 4.78 is 11.2. The summed E-state index contributed by atoms with van der Waals surface area (Å²) >= 11 is 0. The number of fused-ring (bicyclic) bond motifs is 2. The first-order chi connectivity index (χ1) is 7.75. The summed E-state index contributed by atoms with van der Waals surface area (Å²) in [5, 5.41) is 3.45. The predicted octanol–water partition coefficient (Wildman–Crippen LogP) is 2.62. The van der Waals surface area contributed by atoms with E-state index in [0.717, 1.165) is 18.0 Å². The van der Waals surface area contributed by atoms with Gasteiger partial charge in [0.1, 0.15) is 13.2 Å². The second-order valence-electron chi connectivity index (χ2n) is 4.81. The zero-order valence-corrected chi connectivity index (χ0v) is 9.75. The Bertz CT molecular complexity index is 415. The minimum Gasteiger partial charge on any atom is -0.486 e. The van der Waals surface area contributed by atoms with Gasteiger partial charge in [0, 0.05) is 24.2 Å². The fraction of sp³-hybridized carbons (Fsp3) is 0.538. The Morgan fingerprint density at radius 1 is 1.19 bits per heavy atom. The van der Waals surface area contributed by atoms with Crippen LogP contribution in [0, 0.1) is 5.92 Å². The number of ether oxygens (including phenoxy) is 2. The van der Waals surface area contributed by atoms with Gasteiger partial charge in [0.25, 0.3) is 0 Å². The van der Waals surface area contributed by atoms with Crippen LogP contribution in [0.5, 0.6) is 11.5 Å². The van der Waals surface area contributed by atoms with E-state index >= 15 is 0 Å². The molecule has 1 aromatic carbocycles. The molecule has 2 heterocycles. The van der Waals surface area contributed by atoms with Crippen molar-refractivity contribution in [2.45, 2.75) is 19.8 Å². The molecule has 3 heteroatoms. The topological polar surface area (TPSA) is 30.5 Å². The molecule has 0 bridgehead atoms. The van der Waals surface area contributed by atoms with Crippen LogP contribution in [0.1, 0.15) is 25.3 Å². The van der Waals surface area contributed by atoms with E-state index in [2.05, 4.69) is 31.3 Å². The van der Waals surface area contributed by atoms with Crippen molar-refractivity contribution in [2.24, 2.45) is 5.92 Å². The molecule has 0 amide bonds. The first-order valence-electron chi connectivity index (χ1n) is 5.93. The molecule has 3 nitrogen and oxygen atoms in total. The number of anilines is 1. The SMILES string of the molecule is CC(C)C1CNc2cc3c(cc21)OCCO3. The van der Waals surface area contributed by atoms with E-state index < -0.39 is 0 Å². The van der Waals surface area contributed by atoms with Crippen molar-refractivity contribution in [2.75, 3.05) is 25.1 Å². The molecule has 1 N–H and O–H groups in total. The van der Waals surface area contributed by atoms with E-state index in [9.17, 15) is 0 Å². The Morgan fingerprint density at radius 3 is 2.56 bits per heavy atom. The molecule has 0 saturated heterocycles. The molecule has 1 aromatic rings. The summed E-state index contributed by atoms with van der Waals surface area (Å²) in [4.78, 5) is 0. The predicted molar refractivity (Wildman–Crippen MR) is 63.5 cm³/mol. The second kappa shape index (κ2) is 3.58. The fourth-order valence-electron chi connectivity index (χ4n) is 2.49. The van der Waals surface area contributed by atoms with Crippen LogP contribution in [0.4, 0.5) is 5.69 Å². The highest BCUT2D eigenvalue weighted by Crippen LogP contribution is 2.43. The third kappa shape index (κ3) is 1.42. The van der Waals surface area contributed by atoms with E-state index in [-0.39, 0.29) is 0 Å². The molecule has 86 valence electrons. The second-order valence-corrected chi connectivity index (χ2v) is 4.81. The van der Waals surface area contributed by atoms with Crippen LogP contribution in [0.15, 0.2) is 12.1 Å². The molecule has 3 rings (SSSR count). The number of hydrogen-bond acceptors (Lipinski definition) is 3. The summed E-state index contributed by atoms with van der Waals surface area (Å²) in [6.45, 7) is 6.86. The lowest BCUT2D eigenvalue weighted by atomic mass is 9.90. The largest absolute Gasteiger partial charge is 0.486 e. The van der Waals surface area contributed by atoms with Gasteiger partial charge in [0.15, 0.2) is 11.5 Å². The fourth-order valence-corrected chi connectivity index (χ4v) is 2.49. The van der Waals surface area contributed by atoms with E-state index in [1.165, 1.54) is 11.3 Å². The highest BCUT2D eigenvalue weighted by molar-refractivity contribution is 5.65. The standard InChI is InChI=1S/C13H17NO2/c1-8(2)10-7-14-11-6-13-12(5-9(10)11)15-3-4-16-13/h5-6,8,10,14H,3-4,7H2,1-2H3. The first-order valence-corrected chi connectivity index (χ1v) is 5.93. The highest BCUT2D eigenvalue weighted by Gasteiger charge is 2.27. The van der Waals surface area contributed by atoms with Crippen molar-refractivity contribution in [3.63, 3.8) is 0 Å². The Hall–Kier alpha value is -1.38. The molecule has 0 spiro atoms. The van der Waals surface area contributed by atoms with Crippen LogP contribution >= 0.6 is 0 Å². The van der Waals surface area contributed by atoms with Crippen molar-refractivity contribution >= 4 is 5.69 Å². The Labute approximate surface area is 95.8 Å². The van der Waals surface area contributed by atoms with Gasteiger partial charge in [0.05, 0.1) is 0 Å². The zero-order valence-electron chi connectivity index (χ0n) is 9.75. The van der Waals surface area contributed by atoms with Crippen LogP contribution in [0.25, 0.3) is 0 Å². The van der Waals surface area contributed by atoms with Gasteiger partial charge in [-0.25, -0.2) is 0 Å². The van der Waals surface area contributed by atoms with Gasteiger partial charge in [-0.2, -0.15) is 0 Å². The van der Waals surface area contributed by atoms with Crippen LogP contribution in [0.2, 0.25) is 0 Å². The third-order valence-corrected chi connectivity index (χ3v) is 3.43. The average molecular weight is 219 g/mol. The summed E-state index contributed by atoms with van der Waals surface area (Å²) in [7, 11) is 0. The van der Waals surface area contributed by atoms with Crippen molar-refractivity contribution in [1.82, 2.24) is 0 Å². The Kier molecular flexibility index (Phi) is 2.20. The maximum absolute atomic E-state index is 5.62. The molecule has 0 saturated carbocycles. The number of hydrogen-bond donors (Lipinski definition) is 1. The molecule has 0 aromatic heterocycles. The molecule has 16 heavy (non-hydrogen) atoms. The van der Waals surface area contributed by atoms with Gasteiger partial charge in [-0.1, -0.05) is 13.8 Å². The van der Waals surface area contributed by atoms with Gasteiger partial charge in [-0.15, -0.1) is 0 Å². The van der Waals surface area contributed by atoms with Crippen molar-refractivity contribution < 1.29 is 9.47 Å². The van der Waals surface area contributed by atoms with E-state index in [0.29, 0.717) is 25.0 Å². The third-order valence-electron chi connectivity index (χ3n) is 3.43. The summed E-state index contributed by atoms with van der Waals surface area (Å²) in [6.07, 6.45) is 0. The van der Waals surface area contributed by atoms with Crippen molar-refractivity contribution in [1.29, 1.82) is 0 Å². The average Bonchev–Trinajstić information content (AvgIpc) is 2.68. The summed E-state index contributed by atoms with van der Waals surface area (Å²) in [6, 6.07) is 4.22. The van der Waals surface area contributed by atoms with Gasteiger partial charge in [-0.05, 0) is 17.5 Å². The van der Waals surface area contributed by atoms with Gasteiger partial charge >= 0.3 is 0 Å². The lowest BCUT2D eigenvalue weighted by molar-refractivity contribution is 0.171. The molecule has 2 aliphatic rings. The maximum atomic E-state index is 5.62. The minimum absolute atomic E-state index is 0.589. The Morgan fingerprint density at radius 2 is 1.88 bits per heavy atom. The lowest BCUT2D eigenvalue weighted by Gasteiger charge is -2.21. The van der Waals surface area contributed by atoms with Crippen LogP contribution < -0.4 is 14.8 Å². The Balaban J connectivity index is 2.03. The molecular formula is C13H17NO2. The molecule has 0 fully saturated rings. The first kappa shape index (κ1) is 9.82. The van der Waals surface area contributed by atoms with Crippen molar-refractivity contribution in [3.8, 4) is 11.5 Å². The zero-order chi connectivity index (χ0) is 11.1. The lowest BCUT2D eigenvalue weighted by Crippen LogP contribution is -2.15.